The van der Waals surface area contributed by atoms with Gasteiger partial charge in [0.25, 0.3) is 0 Å². The minimum absolute atomic E-state index is 0. The van der Waals surface area contributed by atoms with Gasteiger partial charge in [-0.1, -0.05) is 0 Å². The highest BCUT2D eigenvalue weighted by molar-refractivity contribution is 7.07. The molecule has 0 unspecified atom stereocenters. The molecule has 0 aliphatic carbocycles. The molecule has 0 aliphatic heterocycles. The van der Waals surface area contributed by atoms with Crippen LogP contribution in [0.1, 0.15) is 32.9 Å². The summed E-state index contributed by atoms with van der Waals surface area (Å²) in [6, 6.07) is 0. The quantitative estimate of drug-likeness (QED) is 0.810. The van der Waals surface area contributed by atoms with Crippen LogP contribution in [0.3, 0.4) is 0 Å². The van der Waals surface area contributed by atoms with Gasteiger partial charge in [0.1, 0.15) is 5.60 Å². The van der Waals surface area contributed by atoms with Crippen LogP contribution in [0.15, 0.2) is 10.9 Å². The molecule has 0 amide bonds. The van der Waals surface area contributed by atoms with E-state index >= 15 is 0 Å². The van der Waals surface area contributed by atoms with Crippen molar-refractivity contribution in [1.82, 2.24) is 11.1 Å². The van der Waals surface area contributed by atoms with Gasteiger partial charge in [-0.3, -0.25) is 4.79 Å². The molecule has 1 rings (SSSR count). The first-order valence-electron chi connectivity index (χ1n) is 4.56. The predicted molar refractivity (Wildman–Crippen MR) is 61.3 cm³/mol. The van der Waals surface area contributed by atoms with Gasteiger partial charge in [0.05, 0.1) is 17.6 Å². The smallest absolute Gasteiger partial charge is 0.306 e. The van der Waals surface area contributed by atoms with Crippen LogP contribution in [-0.4, -0.2) is 16.6 Å². The largest absolute Gasteiger partial charge is 0.460 e. The molecule has 4 nitrogen and oxygen atoms in total. The van der Waals surface area contributed by atoms with Gasteiger partial charge in [0.2, 0.25) is 0 Å². The molecule has 0 radical (unpaired) electrons. The van der Waals surface area contributed by atoms with Crippen LogP contribution >= 0.6 is 11.3 Å². The van der Waals surface area contributed by atoms with Crippen molar-refractivity contribution in [2.24, 2.45) is 0 Å². The molecule has 86 valence electrons. The zero-order chi connectivity index (χ0) is 10.6. The Kier molecular flexibility index (Phi) is 5.46. The fourth-order valence-electron chi connectivity index (χ4n) is 0.984. The van der Waals surface area contributed by atoms with E-state index in [0.29, 0.717) is 12.8 Å². The average molecular weight is 230 g/mol. The van der Waals surface area contributed by atoms with Gasteiger partial charge in [0, 0.05) is 11.8 Å². The predicted octanol–water partition coefficient (Wildman–Crippen LogP) is 2.58. The number of aryl methyl sites for hydroxylation is 1. The highest BCUT2D eigenvalue weighted by Crippen LogP contribution is 2.10. The molecule has 1 aromatic rings. The molecule has 1 aromatic heterocycles. The highest BCUT2D eigenvalue weighted by atomic mass is 32.1. The van der Waals surface area contributed by atoms with Crippen molar-refractivity contribution in [3.05, 3.63) is 16.6 Å². The zero-order valence-electron chi connectivity index (χ0n) is 9.45. The zero-order valence-corrected chi connectivity index (χ0v) is 10.3. The average Bonchev–Trinajstić information content (AvgIpc) is 2.49. The van der Waals surface area contributed by atoms with Crippen LogP contribution in [0.2, 0.25) is 0 Å². The molecular formula is C10H18N2O2S. The van der Waals surface area contributed by atoms with E-state index in [2.05, 4.69) is 4.98 Å². The summed E-state index contributed by atoms with van der Waals surface area (Å²) in [6.45, 7) is 5.61. The lowest BCUT2D eigenvalue weighted by atomic mass is 10.2. The van der Waals surface area contributed by atoms with E-state index in [1.807, 2.05) is 26.2 Å². The number of hydrogen-bond donors (Lipinski definition) is 1. The molecule has 0 spiro atoms. The van der Waals surface area contributed by atoms with Crippen LogP contribution in [0, 0.1) is 0 Å². The maximum absolute atomic E-state index is 11.3. The van der Waals surface area contributed by atoms with Crippen molar-refractivity contribution < 1.29 is 9.53 Å². The second-order valence-corrected chi connectivity index (χ2v) is 4.78. The summed E-state index contributed by atoms with van der Waals surface area (Å²) in [6.07, 6.45) is 1.07. The van der Waals surface area contributed by atoms with Gasteiger partial charge < -0.3 is 10.9 Å². The van der Waals surface area contributed by atoms with Crippen molar-refractivity contribution in [2.75, 3.05) is 0 Å². The molecule has 0 atom stereocenters. The third-order valence-electron chi connectivity index (χ3n) is 1.49. The summed E-state index contributed by atoms with van der Waals surface area (Å²) in [7, 11) is 0. The summed E-state index contributed by atoms with van der Waals surface area (Å²) < 4.78 is 5.17. The fourth-order valence-corrected chi connectivity index (χ4v) is 1.58. The summed E-state index contributed by atoms with van der Waals surface area (Å²) in [4.78, 5) is 15.4. The normalized spacial score (nSPS) is 10.6. The van der Waals surface area contributed by atoms with Gasteiger partial charge in [-0.15, -0.1) is 11.3 Å². The Morgan fingerprint density at radius 2 is 2.20 bits per heavy atom. The minimum atomic E-state index is -0.390. The van der Waals surface area contributed by atoms with Crippen molar-refractivity contribution in [3.63, 3.8) is 0 Å². The number of nitrogens with zero attached hydrogens (tertiary/aromatic N) is 1. The number of thiazole rings is 1. The van der Waals surface area contributed by atoms with Gasteiger partial charge >= 0.3 is 5.97 Å². The number of carbonyl (C=O) groups excluding carboxylic acids is 1. The molecular weight excluding hydrogens is 212 g/mol. The molecule has 0 aliphatic rings. The van der Waals surface area contributed by atoms with E-state index in [1.165, 1.54) is 0 Å². The number of carbonyl (C=O) groups is 1. The number of esters is 1. The molecule has 15 heavy (non-hydrogen) atoms. The van der Waals surface area contributed by atoms with Gasteiger partial charge in [-0.25, -0.2) is 4.98 Å². The van der Waals surface area contributed by atoms with Crippen LogP contribution in [0.4, 0.5) is 0 Å². The van der Waals surface area contributed by atoms with E-state index in [1.54, 1.807) is 16.8 Å². The Morgan fingerprint density at radius 1 is 1.53 bits per heavy atom. The Balaban J connectivity index is 0.00000196. The number of rotatable bonds is 3. The highest BCUT2D eigenvalue weighted by Gasteiger charge is 2.15. The van der Waals surface area contributed by atoms with Crippen LogP contribution < -0.4 is 6.15 Å². The van der Waals surface area contributed by atoms with Gasteiger partial charge in [0.15, 0.2) is 0 Å². The second kappa shape index (κ2) is 5.82. The summed E-state index contributed by atoms with van der Waals surface area (Å²) in [5.41, 5.74) is 2.34. The number of ether oxygens (including phenoxy) is 1. The molecule has 0 aromatic carbocycles. The molecule has 0 saturated carbocycles. The number of hydrogen-bond acceptors (Lipinski definition) is 5. The molecule has 3 N–H and O–H groups in total. The fraction of sp³-hybridized carbons (Fsp3) is 0.600. The van der Waals surface area contributed by atoms with Gasteiger partial charge in [-0.2, -0.15) is 0 Å². The molecule has 5 heteroatoms. The maximum atomic E-state index is 11.3. The molecule has 1 heterocycles. The van der Waals surface area contributed by atoms with Crippen LogP contribution in [-0.2, 0) is 16.0 Å². The Labute approximate surface area is 94.3 Å². The van der Waals surface area contributed by atoms with E-state index < -0.39 is 0 Å². The summed E-state index contributed by atoms with van der Waals surface area (Å²) in [5.74, 6) is -0.162. The first-order chi connectivity index (χ1) is 6.47. The third kappa shape index (κ3) is 6.19. The van der Waals surface area contributed by atoms with E-state index in [4.69, 9.17) is 4.74 Å². The van der Waals surface area contributed by atoms with Crippen LogP contribution in [0.25, 0.3) is 0 Å². The molecule has 0 bridgehead atoms. The topological polar surface area (TPSA) is 74.2 Å². The summed E-state index contributed by atoms with van der Waals surface area (Å²) >= 11 is 1.54. The van der Waals surface area contributed by atoms with Crippen molar-refractivity contribution in [2.45, 2.75) is 39.2 Å². The van der Waals surface area contributed by atoms with Crippen molar-refractivity contribution in [1.29, 1.82) is 0 Å². The molecule has 0 saturated heterocycles. The Bertz CT molecular complexity index is 291. The first-order valence-corrected chi connectivity index (χ1v) is 5.50. The first kappa shape index (κ1) is 14.1. The van der Waals surface area contributed by atoms with E-state index in [-0.39, 0.29) is 17.7 Å². The minimum Gasteiger partial charge on any atom is -0.460 e. The Morgan fingerprint density at radius 3 is 2.67 bits per heavy atom. The lowest BCUT2D eigenvalue weighted by molar-refractivity contribution is -0.154. The lowest BCUT2D eigenvalue weighted by Gasteiger charge is -2.19. The standard InChI is InChI=1S/C10H15NO2S.H3N/c1-10(2,3)13-9(12)5-4-8-6-14-7-11-8;/h6-7H,4-5H2,1-3H3;1H3. The Hall–Kier alpha value is -0.940. The summed E-state index contributed by atoms with van der Waals surface area (Å²) in [5, 5.41) is 1.95. The maximum Gasteiger partial charge on any atom is 0.306 e. The van der Waals surface area contributed by atoms with Crippen molar-refractivity contribution in [3.8, 4) is 0 Å². The monoisotopic (exact) mass is 230 g/mol. The van der Waals surface area contributed by atoms with Crippen molar-refractivity contribution >= 4 is 17.3 Å². The SMILES string of the molecule is CC(C)(C)OC(=O)CCc1cscn1.N. The number of aromatic nitrogens is 1. The van der Waals surface area contributed by atoms with Crippen LogP contribution in [0.5, 0.6) is 0 Å². The lowest BCUT2D eigenvalue weighted by Crippen LogP contribution is -2.24. The van der Waals surface area contributed by atoms with E-state index in [9.17, 15) is 4.79 Å². The van der Waals surface area contributed by atoms with E-state index in [0.717, 1.165) is 5.69 Å². The molecule has 0 fully saturated rings. The van der Waals surface area contributed by atoms with Gasteiger partial charge in [-0.05, 0) is 20.8 Å². The third-order valence-corrected chi connectivity index (χ3v) is 2.12. The second-order valence-electron chi connectivity index (χ2n) is 4.07.